The highest BCUT2D eigenvalue weighted by Crippen LogP contribution is 2.52. The number of anilines is 3. The maximum absolute atomic E-state index is 2.49. The Hall–Kier alpha value is -5.70. The van der Waals surface area contributed by atoms with E-state index in [1.54, 1.807) is 0 Å². The third-order valence-corrected chi connectivity index (χ3v) is 11.8. The van der Waals surface area contributed by atoms with Crippen LogP contribution in [0.4, 0.5) is 17.1 Å². The van der Waals surface area contributed by atoms with Crippen LogP contribution >= 0.6 is 11.3 Å². The van der Waals surface area contributed by atoms with Gasteiger partial charge in [0.2, 0.25) is 0 Å². The van der Waals surface area contributed by atoms with Crippen LogP contribution in [0.25, 0.3) is 64.0 Å². The Kier molecular flexibility index (Phi) is 6.16. The van der Waals surface area contributed by atoms with Crippen LogP contribution in [-0.2, 0) is 5.41 Å². The van der Waals surface area contributed by atoms with E-state index >= 15 is 0 Å². The van der Waals surface area contributed by atoms with E-state index in [9.17, 15) is 0 Å². The molecular weight excluding hydrogens is 611 g/mol. The molecule has 0 spiro atoms. The molecule has 1 aromatic heterocycles. The molecule has 2 heteroatoms. The minimum Gasteiger partial charge on any atom is -0.310 e. The summed E-state index contributed by atoms with van der Waals surface area (Å²) in [6.45, 7) is 4.73. The van der Waals surface area contributed by atoms with E-state index in [2.05, 4.69) is 183 Å². The van der Waals surface area contributed by atoms with Gasteiger partial charge < -0.3 is 4.90 Å². The van der Waals surface area contributed by atoms with Gasteiger partial charge in [-0.15, -0.1) is 11.3 Å². The smallest absolute Gasteiger partial charge is 0.0546 e. The van der Waals surface area contributed by atoms with E-state index < -0.39 is 0 Å². The monoisotopic (exact) mass is 643 g/mol. The Bertz CT molecular complexity index is 2730. The van der Waals surface area contributed by atoms with Gasteiger partial charge in [0.15, 0.2) is 0 Å². The molecule has 0 bridgehead atoms. The second kappa shape index (κ2) is 10.7. The molecule has 0 fully saturated rings. The van der Waals surface area contributed by atoms with Gasteiger partial charge in [-0.1, -0.05) is 141 Å². The number of benzene rings is 8. The Morgan fingerprint density at radius 3 is 1.98 bits per heavy atom. The van der Waals surface area contributed by atoms with E-state index in [-0.39, 0.29) is 5.41 Å². The zero-order valence-electron chi connectivity index (χ0n) is 27.4. The summed E-state index contributed by atoms with van der Waals surface area (Å²) in [5.74, 6) is 0. The number of thiophene rings is 1. The molecule has 0 atom stereocenters. The van der Waals surface area contributed by atoms with Crippen molar-refractivity contribution in [2.75, 3.05) is 4.90 Å². The SMILES string of the molecule is CC1(C)c2ccccc2-c2ccc(N(c3ccc(-c4ccccc4)cc3)c3cc4ccccc4c4c3ccc3c5ccccc5sc34)cc21. The molecule has 1 nitrogen and oxygen atoms in total. The van der Waals surface area contributed by atoms with Crippen LogP contribution in [0, 0.1) is 0 Å². The normalized spacial score (nSPS) is 13.3. The summed E-state index contributed by atoms with van der Waals surface area (Å²) in [5, 5.41) is 7.77. The zero-order valence-corrected chi connectivity index (χ0v) is 28.3. The summed E-state index contributed by atoms with van der Waals surface area (Å²) in [6, 6.07) is 60.6. The van der Waals surface area contributed by atoms with Gasteiger partial charge in [0, 0.05) is 47.7 Å². The third kappa shape index (κ3) is 4.24. The average molecular weight is 644 g/mol. The van der Waals surface area contributed by atoms with Crippen molar-refractivity contribution >= 4 is 70.1 Å². The summed E-state index contributed by atoms with van der Waals surface area (Å²) in [6.07, 6.45) is 0. The minimum atomic E-state index is -0.0978. The largest absolute Gasteiger partial charge is 0.310 e. The number of nitrogens with zero attached hydrogens (tertiary/aromatic N) is 1. The predicted octanol–water partition coefficient (Wildman–Crippen LogP) is 13.8. The third-order valence-electron chi connectivity index (χ3n) is 10.6. The van der Waals surface area contributed by atoms with Gasteiger partial charge in [-0.2, -0.15) is 0 Å². The molecule has 9 aromatic rings. The molecule has 1 aliphatic carbocycles. The molecule has 0 saturated heterocycles. The summed E-state index contributed by atoms with van der Waals surface area (Å²) < 4.78 is 2.68. The summed E-state index contributed by atoms with van der Waals surface area (Å²) in [7, 11) is 0. The topological polar surface area (TPSA) is 3.24 Å². The van der Waals surface area contributed by atoms with Crippen molar-refractivity contribution in [1.29, 1.82) is 0 Å². The lowest BCUT2D eigenvalue weighted by Crippen LogP contribution is -2.16. The molecule has 0 aliphatic heterocycles. The second-order valence-electron chi connectivity index (χ2n) is 13.7. The van der Waals surface area contributed by atoms with Crippen LogP contribution in [0.2, 0.25) is 0 Å². The van der Waals surface area contributed by atoms with Crippen LogP contribution in [0.1, 0.15) is 25.0 Å². The first-order chi connectivity index (χ1) is 24.1. The first-order valence-corrected chi connectivity index (χ1v) is 17.8. The molecule has 0 unspecified atom stereocenters. The van der Waals surface area contributed by atoms with Gasteiger partial charge in [0.25, 0.3) is 0 Å². The molecule has 0 radical (unpaired) electrons. The fourth-order valence-corrected chi connectivity index (χ4v) is 9.49. The van der Waals surface area contributed by atoms with Gasteiger partial charge in [-0.05, 0) is 80.6 Å². The van der Waals surface area contributed by atoms with Gasteiger partial charge in [0.05, 0.1) is 5.69 Å². The maximum Gasteiger partial charge on any atom is 0.0546 e. The number of fused-ring (bicyclic) bond motifs is 10. The number of rotatable bonds is 4. The minimum absolute atomic E-state index is 0.0978. The van der Waals surface area contributed by atoms with Crippen molar-refractivity contribution in [3.63, 3.8) is 0 Å². The van der Waals surface area contributed by atoms with E-state index in [0.29, 0.717) is 0 Å². The quantitative estimate of drug-likeness (QED) is 0.173. The molecule has 0 amide bonds. The average Bonchev–Trinajstić information content (AvgIpc) is 3.64. The van der Waals surface area contributed by atoms with Crippen molar-refractivity contribution in [2.45, 2.75) is 19.3 Å². The molecule has 1 heterocycles. The van der Waals surface area contributed by atoms with Crippen molar-refractivity contribution in [3.05, 3.63) is 175 Å². The summed E-state index contributed by atoms with van der Waals surface area (Å²) in [4.78, 5) is 2.49. The van der Waals surface area contributed by atoms with E-state index in [1.807, 2.05) is 11.3 Å². The van der Waals surface area contributed by atoms with Crippen molar-refractivity contribution in [2.24, 2.45) is 0 Å². The Morgan fingerprint density at radius 2 is 1.12 bits per heavy atom. The summed E-state index contributed by atoms with van der Waals surface area (Å²) >= 11 is 1.91. The molecule has 10 rings (SSSR count). The molecule has 0 saturated carbocycles. The highest BCUT2D eigenvalue weighted by Gasteiger charge is 2.36. The van der Waals surface area contributed by atoms with Crippen molar-refractivity contribution < 1.29 is 0 Å². The molecular formula is C47H33NS. The van der Waals surface area contributed by atoms with E-state index in [1.165, 1.54) is 86.5 Å². The fraction of sp³-hybridized carbons (Fsp3) is 0.0638. The Balaban J connectivity index is 1.26. The number of hydrogen-bond donors (Lipinski definition) is 0. The van der Waals surface area contributed by atoms with Crippen LogP contribution in [0.5, 0.6) is 0 Å². The van der Waals surface area contributed by atoms with Gasteiger partial charge >= 0.3 is 0 Å². The molecule has 0 N–H and O–H groups in total. The Morgan fingerprint density at radius 1 is 0.469 bits per heavy atom. The highest BCUT2D eigenvalue weighted by atomic mass is 32.1. The second-order valence-corrected chi connectivity index (χ2v) is 14.8. The lowest BCUT2D eigenvalue weighted by atomic mass is 9.82. The Labute approximate surface area is 290 Å². The van der Waals surface area contributed by atoms with Crippen LogP contribution in [-0.4, -0.2) is 0 Å². The molecule has 8 aromatic carbocycles. The van der Waals surface area contributed by atoms with Gasteiger partial charge in [-0.25, -0.2) is 0 Å². The van der Waals surface area contributed by atoms with E-state index in [0.717, 1.165) is 5.69 Å². The lowest BCUT2D eigenvalue weighted by Gasteiger charge is -2.30. The molecule has 232 valence electrons. The summed E-state index contributed by atoms with van der Waals surface area (Å²) in [5.41, 5.74) is 11.3. The zero-order chi connectivity index (χ0) is 32.7. The van der Waals surface area contributed by atoms with Gasteiger partial charge in [-0.3, -0.25) is 0 Å². The fourth-order valence-electron chi connectivity index (χ4n) is 8.22. The van der Waals surface area contributed by atoms with E-state index in [4.69, 9.17) is 0 Å². The molecule has 49 heavy (non-hydrogen) atoms. The van der Waals surface area contributed by atoms with Crippen molar-refractivity contribution in [3.8, 4) is 22.3 Å². The number of hydrogen-bond acceptors (Lipinski definition) is 2. The van der Waals surface area contributed by atoms with Crippen LogP contribution in [0.15, 0.2) is 164 Å². The standard InChI is InChI=1S/C47H33NS/c1-47(2)41-18-10-8-16-36(41)37-25-24-34(29-42(37)47)48(33-22-20-31(21-23-33)30-12-4-3-5-13-30)43-28-32-14-6-7-15-35(32)45-40(43)27-26-39-38-17-9-11-19-44(38)49-46(39)45/h3-29H,1-2H3. The highest BCUT2D eigenvalue weighted by molar-refractivity contribution is 7.26. The lowest BCUT2D eigenvalue weighted by molar-refractivity contribution is 0.660. The van der Waals surface area contributed by atoms with Gasteiger partial charge in [0.1, 0.15) is 0 Å². The van der Waals surface area contributed by atoms with Crippen LogP contribution < -0.4 is 4.90 Å². The first-order valence-electron chi connectivity index (χ1n) is 17.0. The predicted molar refractivity (Wildman–Crippen MR) is 212 cm³/mol. The maximum atomic E-state index is 2.49. The first kappa shape index (κ1) is 28.3. The van der Waals surface area contributed by atoms with Crippen molar-refractivity contribution in [1.82, 2.24) is 0 Å². The van der Waals surface area contributed by atoms with Crippen LogP contribution in [0.3, 0.4) is 0 Å². The molecule has 1 aliphatic rings.